The van der Waals surface area contributed by atoms with E-state index >= 15 is 0 Å². The molecule has 2 rings (SSSR count). The lowest BCUT2D eigenvalue weighted by molar-refractivity contribution is -0.137. The van der Waals surface area contributed by atoms with Crippen LogP contribution in [-0.2, 0) is 16.4 Å². The van der Waals surface area contributed by atoms with Gasteiger partial charge in [0, 0.05) is 12.1 Å². The summed E-state index contributed by atoms with van der Waals surface area (Å²) < 4.78 is 80.8. The topological polar surface area (TPSA) is 98.5 Å². The van der Waals surface area contributed by atoms with Crippen molar-refractivity contribution in [3.05, 3.63) is 57.3 Å². The third kappa shape index (κ3) is 5.45. The van der Waals surface area contributed by atoms with Crippen molar-refractivity contribution < 1.29 is 35.5 Å². The van der Waals surface area contributed by atoms with Crippen molar-refractivity contribution in [3.8, 4) is 11.5 Å². The highest BCUT2D eigenvalue weighted by Crippen LogP contribution is 2.41. The van der Waals surface area contributed by atoms with E-state index < -0.39 is 55.0 Å². The highest BCUT2D eigenvalue weighted by atomic mass is 35.5. The van der Waals surface area contributed by atoms with Crippen LogP contribution < -0.4 is 14.6 Å². The van der Waals surface area contributed by atoms with Crippen molar-refractivity contribution in [2.45, 2.75) is 6.18 Å². The second kappa shape index (κ2) is 7.50. The van der Waals surface area contributed by atoms with E-state index in [1.165, 1.54) is 4.72 Å². The number of ether oxygens (including phenoxy) is 1. The Bertz CT molecular complexity index is 1010. The van der Waals surface area contributed by atoms with E-state index in [1.54, 1.807) is 0 Å². The van der Waals surface area contributed by atoms with Crippen molar-refractivity contribution in [3.63, 3.8) is 0 Å². The van der Waals surface area contributed by atoms with Gasteiger partial charge in [-0.15, -0.1) is 0 Å². The number of rotatable bonds is 4. The van der Waals surface area contributed by atoms with Crippen molar-refractivity contribution in [2.75, 3.05) is 0 Å². The van der Waals surface area contributed by atoms with Crippen molar-refractivity contribution in [1.82, 2.24) is 4.72 Å². The van der Waals surface area contributed by atoms with Gasteiger partial charge in [0.2, 0.25) is 0 Å². The molecular weight excluding hydrogens is 439 g/mol. The van der Waals surface area contributed by atoms with Gasteiger partial charge < -0.3 is 4.74 Å². The summed E-state index contributed by atoms with van der Waals surface area (Å²) in [5, 5.41) is 3.45. The smallest absolute Gasteiger partial charge is 0.418 e. The molecular formula is C14H8Cl2F4N2O4S. The summed E-state index contributed by atoms with van der Waals surface area (Å²) in [6.45, 7) is 0. The first-order valence-corrected chi connectivity index (χ1v) is 8.96. The summed E-state index contributed by atoms with van der Waals surface area (Å²) in [6.07, 6.45) is -4.80. The monoisotopic (exact) mass is 446 g/mol. The van der Waals surface area contributed by atoms with Crippen LogP contribution in [0.5, 0.6) is 11.5 Å². The second-order valence-corrected chi connectivity index (χ2v) is 7.06. The van der Waals surface area contributed by atoms with Gasteiger partial charge in [0.1, 0.15) is 17.3 Å². The Morgan fingerprint density at radius 1 is 1.11 bits per heavy atom. The zero-order valence-electron chi connectivity index (χ0n) is 12.8. The standard InChI is InChI=1S/C14H8Cl2F4N2O4S/c15-10-4-7(3-9(12(10)16)14(18,19)20)26-6-1-2-8(11(17)5-6)13(23)22-27(21,24)25/h1-5H,(H,22,23)(H2,21,24,25). The number of alkyl halides is 3. The Labute approximate surface area is 160 Å². The van der Waals surface area contributed by atoms with E-state index in [9.17, 15) is 30.8 Å². The molecule has 0 saturated carbocycles. The molecule has 13 heteroatoms. The molecule has 0 atom stereocenters. The molecule has 6 nitrogen and oxygen atoms in total. The number of hydrogen-bond donors (Lipinski definition) is 2. The maximum Gasteiger partial charge on any atom is 0.418 e. The van der Waals surface area contributed by atoms with Gasteiger partial charge in [0.05, 0.1) is 21.2 Å². The average molecular weight is 447 g/mol. The molecule has 0 fully saturated rings. The first kappa shape index (κ1) is 21.2. The molecule has 27 heavy (non-hydrogen) atoms. The molecule has 2 aromatic carbocycles. The molecule has 0 aliphatic carbocycles. The first-order chi connectivity index (χ1) is 12.3. The molecule has 0 aromatic heterocycles. The Morgan fingerprint density at radius 3 is 2.26 bits per heavy atom. The van der Waals surface area contributed by atoms with E-state index in [4.69, 9.17) is 27.9 Å². The minimum absolute atomic E-state index is 0.286. The molecule has 1 amide bonds. The van der Waals surface area contributed by atoms with Gasteiger partial charge in [-0.1, -0.05) is 23.2 Å². The predicted molar refractivity (Wildman–Crippen MR) is 88.5 cm³/mol. The average Bonchev–Trinajstić information content (AvgIpc) is 2.47. The molecule has 2 aromatic rings. The number of carbonyl (C=O) groups excluding carboxylic acids is 1. The number of hydrogen-bond acceptors (Lipinski definition) is 4. The molecule has 0 unspecified atom stereocenters. The fraction of sp³-hybridized carbons (Fsp3) is 0.0714. The molecule has 0 radical (unpaired) electrons. The van der Waals surface area contributed by atoms with E-state index in [1.807, 2.05) is 0 Å². The van der Waals surface area contributed by atoms with Crippen LogP contribution in [0, 0.1) is 5.82 Å². The van der Waals surface area contributed by atoms with Crippen LogP contribution in [0.1, 0.15) is 15.9 Å². The van der Waals surface area contributed by atoms with Crippen LogP contribution in [0.3, 0.4) is 0 Å². The van der Waals surface area contributed by atoms with Crippen molar-refractivity contribution in [1.29, 1.82) is 0 Å². The third-order valence-electron chi connectivity index (χ3n) is 2.96. The Kier molecular flexibility index (Phi) is 5.90. The van der Waals surface area contributed by atoms with E-state index in [-0.39, 0.29) is 5.75 Å². The van der Waals surface area contributed by atoms with Gasteiger partial charge in [-0.3, -0.25) is 4.79 Å². The van der Waals surface area contributed by atoms with Crippen LogP contribution in [0.25, 0.3) is 0 Å². The van der Waals surface area contributed by atoms with E-state index in [0.29, 0.717) is 12.1 Å². The quantitative estimate of drug-likeness (QED) is 0.696. The lowest BCUT2D eigenvalue weighted by atomic mass is 10.2. The fourth-order valence-corrected chi connectivity index (χ4v) is 2.69. The Morgan fingerprint density at radius 2 is 1.74 bits per heavy atom. The normalized spacial score (nSPS) is 12.0. The molecule has 0 aliphatic rings. The number of nitrogens with two attached hydrogens (primary N) is 1. The number of benzene rings is 2. The van der Waals surface area contributed by atoms with Crippen LogP contribution in [0.2, 0.25) is 10.0 Å². The summed E-state index contributed by atoms with van der Waals surface area (Å²) in [4.78, 5) is 11.6. The predicted octanol–water partition coefficient (Wildman–Crippen LogP) is 3.88. The van der Waals surface area contributed by atoms with Crippen molar-refractivity contribution >= 4 is 39.3 Å². The number of halogens is 6. The summed E-state index contributed by atoms with van der Waals surface area (Å²) in [6, 6.07) is 4.09. The minimum Gasteiger partial charge on any atom is -0.457 e. The van der Waals surface area contributed by atoms with Gasteiger partial charge in [-0.25, -0.2) is 14.3 Å². The molecule has 0 bridgehead atoms. The van der Waals surface area contributed by atoms with Gasteiger partial charge in [0.25, 0.3) is 16.1 Å². The highest BCUT2D eigenvalue weighted by molar-refractivity contribution is 7.87. The maximum absolute atomic E-state index is 14.0. The summed E-state index contributed by atoms with van der Waals surface area (Å²) >= 11 is 11.2. The van der Waals surface area contributed by atoms with Gasteiger partial charge in [-0.05, 0) is 18.2 Å². The summed E-state index contributed by atoms with van der Waals surface area (Å²) in [5.74, 6) is -3.22. The number of nitrogens with one attached hydrogen (secondary N) is 1. The fourth-order valence-electron chi connectivity index (χ4n) is 1.89. The third-order valence-corrected chi connectivity index (χ3v) is 4.23. The first-order valence-electron chi connectivity index (χ1n) is 6.66. The van der Waals surface area contributed by atoms with Crippen LogP contribution in [-0.4, -0.2) is 14.3 Å². The van der Waals surface area contributed by atoms with Crippen LogP contribution >= 0.6 is 23.2 Å². The van der Waals surface area contributed by atoms with E-state index in [2.05, 4.69) is 5.14 Å². The Balaban J connectivity index is 2.33. The maximum atomic E-state index is 14.0. The molecule has 0 aliphatic heterocycles. The van der Waals surface area contributed by atoms with Crippen molar-refractivity contribution in [2.24, 2.45) is 5.14 Å². The van der Waals surface area contributed by atoms with Gasteiger partial charge >= 0.3 is 6.18 Å². The lowest BCUT2D eigenvalue weighted by Crippen LogP contribution is -2.36. The minimum atomic E-state index is -4.80. The molecule has 0 heterocycles. The molecule has 3 N–H and O–H groups in total. The van der Waals surface area contributed by atoms with Crippen LogP contribution in [0.4, 0.5) is 17.6 Å². The highest BCUT2D eigenvalue weighted by Gasteiger charge is 2.35. The summed E-state index contributed by atoms with van der Waals surface area (Å²) in [5.41, 5.74) is -1.93. The Hall–Kier alpha value is -2.08. The van der Waals surface area contributed by atoms with Gasteiger partial charge in [0.15, 0.2) is 0 Å². The zero-order chi connectivity index (χ0) is 20.6. The summed E-state index contributed by atoms with van der Waals surface area (Å²) in [7, 11) is -4.41. The zero-order valence-corrected chi connectivity index (χ0v) is 15.1. The second-order valence-electron chi connectivity index (χ2n) is 4.98. The lowest BCUT2D eigenvalue weighted by Gasteiger charge is -2.13. The van der Waals surface area contributed by atoms with E-state index in [0.717, 1.165) is 18.2 Å². The largest absolute Gasteiger partial charge is 0.457 e. The number of amides is 1. The molecule has 0 saturated heterocycles. The number of carbonyl (C=O) groups is 1. The molecule has 146 valence electrons. The molecule has 0 spiro atoms. The van der Waals surface area contributed by atoms with Gasteiger partial charge in [-0.2, -0.15) is 21.6 Å². The SMILES string of the molecule is NS(=O)(=O)NC(=O)c1ccc(Oc2cc(Cl)c(Cl)c(C(F)(F)F)c2)cc1F. The van der Waals surface area contributed by atoms with Crippen LogP contribution in [0.15, 0.2) is 30.3 Å².